The highest BCUT2D eigenvalue weighted by Crippen LogP contribution is 2.40. The molecule has 33 heavy (non-hydrogen) atoms. The van der Waals surface area contributed by atoms with Crippen LogP contribution in [0.25, 0.3) is 22.4 Å². The van der Waals surface area contributed by atoms with E-state index in [1.165, 1.54) is 16.9 Å². The first-order chi connectivity index (χ1) is 16.2. The molecule has 0 radical (unpaired) electrons. The number of carbonyl (C=O) groups excluding carboxylic acids is 1. The standard InChI is InChI=1S/C25H22N4O3S/c1-29(14-18-10-16-4-2-3-5-20(16)32-18)25(30)24-28-23-19-7-6-15(17-12-26-27-13-17)11-21(19)31-9-8-22(23)33-24/h2-7,11-13,18H,8-10,14H2,1H3,(H,26,27)/t18-/m1/s1. The molecule has 0 saturated heterocycles. The van der Waals surface area contributed by atoms with E-state index >= 15 is 0 Å². The summed E-state index contributed by atoms with van der Waals surface area (Å²) in [6.45, 7) is 1.07. The average molecular weight is 459 g/mol. The van der Waals surface area contributed by atoms with Crippen LogP contribution in [0.4, 0.5) is 0 Å². The number of para-hydroxylation sites is 1. The second-order valence-electron chi connectivity index (χ2n) is 8.32. The third-order valence-electron chi connectivity index (χ3n) is 6.07. The molecule has 2 aromatic carbocycles. The molecule has 0 spiro atoms. The number of H-pyrrole nitrogens is 1. The largest absolute Gasteiger partial charge is 0.492 e. The van der Waals surface area contributed by atoms with E-state index in [-0.39, 0.29) is 12.0 Å². The number of fused-ring (bicyclic) bond motifs is 4. The van der Waals surface area contributed by atoms with Crippen molar-refractivity contribution in [2.75, 3.05) is 20.2 Å². The van der Waals surface area contributed by atoms with Gasteiger partial charge in [0.15, 0.2) is 5.01 Å². The van der Waals surface area contributed by atoms with Crippen molar-refractivity contribution in [1.82, 2.24) is 20.1 Å². The van der Waals surface area contributed by atoms with Crippen molar-refractivity contribution in [2.24, 2.45) is 0 Å². The van der Waals surface area contributed by atoms with Crippen LogP contribution in [0.1, 0.15) is 20.2 Å². The first-order valence-corrected chi connectivity index (χ1v) is 11.7. The molecule has 2 aromatic heterocycles. The first-order valence-electron chi connectivity index (χ1n) is 10.9. The number of carbonyl (C=O) groups is 1. The second-order valence-corrected chi connectivity index (χ2v) is 9.41. The third-order valence-corrected chi connectivity index (χ3v) is 7.18. The molecule has 2 aliphatic heterocycles. The molecule has 2 aliphatic rings. The monoisotopic (exact) mass is 458 g/mol. The van der Waals surface area contributed by atoms with Crippen LogP contribution in [0.15, 0.2) is 54.9 Å². The fraction of sp³-hybridized carbons (Fsp3) is 0.240. The van der Waals surface area contributed by atoms with Gasteiger partial charge in [-0.1, -0.05) is 24.3 Å². The number of ether oxygens (including phenoxy) is 2. The number of hydrogen-bond acceptors (Lipinski definition) is 6. The molecular formula is C25H22N4O3S. The summed E-state index contributed by atoms with van der Waals surface area (Å²) in [7, 11) is 1.82. The SMILES string of the molecule is CN(C[C@H]1Cc2ccccc2O1)C(=O)c1nc2c(s1)CCOc1cc(-c3cn[nH]c3)ccc1-2. The van der Waals surface area contributed by atoms with Crippen LogP contribution in [0, 0.1) is 0 Å². The molecule has 0 saturated carbocycles. The number of likely N-dealkylation sites (N-methyl/N-ethyl adjacent to an activating group) is 1. The Morgan fingerprint density at radius 1 is 1.21 bits per heavy atom. The second kappa shape index (κ2) is 8.04. The maximum Gasteiger partial charge on any atom is 0.282 e. The number of amides is 1. The van der Waals surface area contributed by atoms with Gasteiger partial charge in [-0.25, -0.2) is 4.98 Å². The maximum absolute atomic E-state index is 13.2. The fourth-order valence-corrected chi connectivity index (χ4v) is 5.46. The minimum Gasteiger partial charge on any atom is -0.492 e. The summed E-state index contributed by atoms with van der Waals surface area (Å²) >= 11 is 1.46. The molecule has 0 aliphatic carbocycles. The van der Waals surface area contributed by atoms with Gasteiger partial charge in [0.1, 0.15) is 17.6 Å². The van der Waals surface area contributed by atoms with Crippen LogP contribution in [-0.4, -0.2) is 52.3 Å². The lowest BCUT2D eigenvalue weighted by atomic mass is 10.0. The molecule has 1 amide bonds. The lowest BCUT2D eigenvalue weighted by Gasteiger charge is -2.20. The molecule has 4 aromatic rings. The van der Waals surface area contributed by atoms with Gasteiger partial charge in [-0.15, -0.1) is 11.3 Å². The van der Waals surface area contributed by atoms with Gasteiger partial charge in [0.05, 0.1) is 25.0 Å². The topological polar surface area (TPSA) is 80.3 Å². The van der Waals surface area contributed by atoms with E-state index in [0.29, 0.717) is 18.2 Å². The first kappa shape index (κ1) is 20.0. The highest BCUT2D eigenvalue weighted by molar-refractivity contribution is 7.14. The minimum atomic E-state index is -0.0786. The Morgan fingerprint density at radius 3 is 2.97 bits per heavy atom. The molecule has 8 heteroatoms. The Labute approximate surface area is 195 Å². The summed E-state index contributed by atoms with van der Waals surface area (Å²) in [5, 5.41) is 7.37. The van der Waals surface area contributed by atoms with Crippen LogP contribution in [0.2, 0.25) is 0 Å². The number of rotatable bonds is 4. The summed E-state index contributed by atoms with van der Waals surface area (Å²) in [5.74, 6) is 1.61. The van der Waals surface area contributed by atoms with Crippen molar-refractivity contribution in [1.29, 1.82) is 0 Å². The normalized spacial score (nSPS) is 16.1. The Hall–Kier alpha value is -3.65. The zero-order valence-electron chi connectivity index (χ0n) is 18.1. The summed E-state index contributed by atoms with van der Waals surface area (Å²) in [6, 6.07) is 14.1. The highest BCUT2D eigenvalue weighted by atomic mass is 32.1. The zero-order chi connectivity index (χ0) is 22.4. The quantitative estimate of drug-likeness (QED) is 0.496. The molecule has 0 fully saturated rings. The van der Waals surface area contributed by atoms with E-state index in [0.717, 1.165) is 51.6 Å². The van der Waals surface area contributed by atoms with Gasteiger partial charge in [-0.05, 0) is 29.3 Å². The number of nitrogens with zero attached hydrogens (tertiary/aromatic N) is 3. The predicted octanol–water partition coefficient (Wildman–Crippen LogP) is 4.21. The molecule has 0 unspecified atom stereocenters. The van der Waals surface area contributed by atoms with Gasteiger partial charge >= 0.3 is 0 Å². The van der Waals surface area contributed by atoms with Crippen molar-refractivity contribution >= 4 is 17.2 Å². The van der Waals surface area contributed by atoms with E-state index in [9.17, 15) is 4.79 Å². The van der Waals surface area contributed by atoms with E-state index in [2.05, 4.69) is 16.3 Å². The number of aromatic amines is 1. The molecule has 166 valence electrons. The van der Waals surface area contributed by atoms with E-state index < -0.39 is 0 Å². The summed E-state index contributed by atoms with van der Waals surface area (Å²) < 4.78 is 12.0. The Morgan fingerprint density at radius 2 is 2.12 bits per heavy atom. The van der Waals surface area contributed by atoms with E-state index in [4.69, 9.17) is 14.5 Å². The van der Waals surface area contributed by atoms with Crippen LogP contribution in [0.3, 0.4) is 0 Å². The smallest absolute Gasteiger partial charge is 0.282 e. The molecule has 4 heterocycles. The van der Waals surface area contributed by atoms with Gasteiger partial charge in [0.25, 0.3) is 5.91 Å². The zero-order valence-corrected chi connectivity index (χ0v) is 18.9. The average Bonchev–Trinajstić information content (AvgIpc) is 3.56. The van der Waals surface area contributed by atoms with Gasteiger partial charge < -0.3 is 14.4 Å². The van der Waals surface area contributed by atoms with Crippen molar-refractivity contribution in [3.8, 4) is 33.9 Å². The number of aromatic nitrogens is 3. The lowest BCUT2D eigenvalue weighted by Crippen LogP contribution is -2.36. The van der Waals surface area contributed by atoms with Gasteiger partial charge in [0.2, 0.25) is 0 Å². The van der Waals surface area contributed by atoms with E-state index in [1.54, 1.807) is 11.1 Å². The summed E-state index contributed by atoms with van der Waals surface area (Å²) in [5.41, 5.74) is 4.97. The number of nitrogens with one attached hydrogen (secondary N) is 1. The van der Waals surface area contributed by atoms with Crippen molar-refractivity contribution < 1.29 is 14.3 Å². The third kappa shape index (κ3) is 3.66. The number of benzene rings is 2. The van der Waals surface area contributed by atoms with Crippen LogP contribution >= 0.6 is 11.3 Å². The van der Waals surface area contributed by atoms with E-state index in [1.807, 2.05) is 49.6 Å². The predicted molar refractivity (Wildman–Crippen MR) is 126 cm³/mol. The van der Waals surface area contributed by atoms with Gasteiger partial charge in [-0.3, -0.25) is 9.89 Å². The maximum atomic E-state index is 13.2. The molecule has 7 nitrogen and oxygen atoms in total. The lowest BCUT2D eigenvalue weighted by molar-refractivity contribution is 0.0730. The minimum absolute atomic E-state index is 0.0374. The Bertz CT molecular complexity index is 1310. The summed E-state index contributed by atoms with van der Waals surface area (Å²) in [6.07, 6.45) is 5.13. The molecular weight excluding hydrogens is 436 g/mol. The Kier molecular flexibility index (Phi) is 4.87. The highest BCUT2D eigenvalue weighted by Gasteiger charge is 2.28. The van der Waals surface area contributed by atoms with Crippen LogP contribution < -0.4 is 9.47 Å². The molecule has 6 rings (SSSR count). The molecule has 1 N–H and O–H groups in total. The fourth-order valence-electron chi connectivity index (χ4n) is 4.41. The van der Waals surface area contributed by atoms with Gasteiger partial charge in [0, 0.05) is 42.1 Å². The summed E-state index contributed by atoms with van der Waals surface area (Å²) in [4.78, 5) is 20.8. The van der Waals surface area contributed by atoms with Crippen LogP contribution in [0.5, 0.6) is 11.5 Å². The van der Waals surface area contributed by atoms with Crippen molar-refractivity contribution in [3.63, 3.8) is 0 Å². The van der Waals surface area contributed by atoms with Crippen LogP contribution in [-0.2, 0) is 12.8 Å². The number of thiazole rings is 1. The van der Waals surface area contributed by atoms with Crippen molar-refractivity contribution in [3.05, 3.63) is 70.3 Å². The van der Waals surface area contributed by atoms with Gasteiger partial charge in [-0.2, -0.15) is 5.10 Å². The molecule has 0 bridgehead atoms. The molecule has 1 atom stereocenters. The Balaban J connectivity index is 1.23. The number of hydrogen-bond donors (Lipinski definition) is 1. The van der Waals surface area contributed by atoms with Crippen molar-refractivity contribution in [2.45, 2.75) is 18.9 Å².